The summed E-state index contributed by atoms with van der Waals surface area (Å²) in [5.74, 6) is 0.577. The molecule has 0 aromatic heterocycles. The van der Waals surface area contributed by atoms with Crippen LogP contribution in [0.5, 0.6) is 0 Å². The third kappa shape index (κ3) is 4.12. The van der Waals surface area contributed by atoms with E-state index in [1.165, 1.54) is 5.57 Å². The number of allylic oxidation sites excluding steroid dienone is 5. The van der Waals surface area contributed by atoms with Gasteiger partial charge in [-0.2, -0.15) is 0 Å². The first-order valence-corrected chi connectivity index (χ1v) is 4.88. The van der Waals surface area contributed by atoms with Crippen molar-refractivity contribution >= 4 is 0 Å². The first-order chi connectivity index (χ1) is 5.93. The fourth-order valence-corrected chi connectivity index (χ4v) is 1.17. The van der Waals surface area contributed by atoms with Crippen molar-refractivity contribution in [3.8, 4) is 0 Å². The van der Waals surface area contributed by atoms with E-state index in [9.17, 15) is 0 Å². The standard InChI is InChI=1S/C13H22/c1-7-9-10-12(8-2)11(3)13(4,5)6/h7-11H,1H2,2-6H3. The average Bonchev–Trinajstić information content (AvgIpc) is 2.04. The minimum absolute atomic E-state index is 0.327. The SMILES string of the molecule is C=CC=CC(=CC)C(C)C(C)(C)C. The molecule has 0 aliphatic heterocycles. The van der Waals surface area contributed by atoms with Crippen LogP contribution in [0, 0.1) is 11.3 Å². The van der Waals surface area contributed by atoms with E-state index in [2.05, 4.69) is 53.3 Å². The van der Waals surface area contributed by atoms with E-state index in [-0.39, 0.29) is 0 Å². The van der Waals surface area contributed by atoms with Crippen LogP contribution in [0.25, 0.3) is 0 Å². The Balaban J connectivity index is 4.62. The van der Waals surface area contributed by atoms with E-state index in [4.69, 9.17) is 0 Å². The lowest BCUT2D eigenvalue weighted by molar-refractivity contribution is 0.304. The molecule has 13 heavy (non-hydrogen) atoms. The Hall–Kier alpha value is -0.780. The molecule has 1 unspecified atom stereocenters. The molecule has 0 rings (SSSR count). The van der Waals surface area contributed by atoms with Crippen LogP contribution in [0.15, 0.2) is 36.5 Å². The Morgan fingerprint density at radius 3 is 2.15 bits per heavy atom. The molecule has 0 amide bonds. The van der Waals surface area contributed by atoms with Crippen molar-refractivity contribution < 1.29 is 0 Å². The zero-order valence-electron chi connectivity index (χ0n) is 9.59. The predicted molar refractivity (Wildman–Crippen MR) is 61.7 cm³/mol. The predicted octanol–water partition coefficient (Wildman–Crippen LogP) is 4.36. The van der Waals surface area contributed by atoms with E-state index in [1.807, 2.05) is 12.2 Å². The lowest BCUT2D eigenvalue weighted by atomic mass is 9.77. The highest BCUT2D eigenvalue weighted by molar-refractivity contribution is 5.24. The molecule has 1 atom stereocenters. The molecule has 0 aliphatic rings. The normalized spacial score (nSPS) is 16.2. The van der Waals surface area contributed by atoms with Gasteiger partial charge in [-0.15, -0.1) is 0 Å². The zero-order valence-corrected chi connectivity index (χ0v) is 9.59. The molecule has 0 fully saturated rings. The Kier molecular flexibility index (Phi) is 4.76. The number of rotatable bonds is 3. The molecule has 0 nitrogen and oxygen atoms in total. The molecule has 0 spiro atoms. The van der Waals surface area contributed by atoms with Crippen molar-refractivity contribution in [2.45, 2.75) is 34.6 Å². The van der Waals surface area contributed by atoms with Gasteiger partial charge in [-0.1, -0.05) is 58.6 Å². The minimum Gasteiger partial charge on any atom is -0.0991 e. The molecular formula is C13H22. The molecule has 0 saturated carbocycles. The molecule has 0 aromatic carbocycles. The molecule has 0 radical (unpaired) electrons. The summed E-state index contributed by atoms with van der Waals surface area (Å²) >= 11 is 0. The number of hydrogen-bond acceptors (Lipinski definition) is 0. The van der Waals surface area contributed by atoms with Crippen LogP contribution in [0.2, 0.25) is 0 Å². The van der Waals surface area contributed by atoms with Gasteiger partial charge in [-0.05, 0) is 23.8 Å². The molecule has 0 heteroatoms. The third-order valence-electron chi connectivity index (χ3n) is 2.56. The highest BCUT2D eigenvalue weighted by atomic mass is 14.3. The smallest absolute Gasteiger partial charge is 0.0145 e. The van der Waals surface area contributed by atoms with Crippen LogP contribution < -0.4 is 0 Å². The van der Waals surface area contributed by atoms with Gasteiger partial charge >= 0.3 is 0 Å². The summed E-state index contributed by atoms with van der Waals surface area (Å²) in [7, 11) is 0. The van der Waals surface area contributed by atoms with Gasteiger partial charge in [-0.25, -0.2) is 0 Å². The van der Waals surface area contributed by atoms with Crippen molar-refractivity contribution in [3.05, 3.63) is 36.5 Å². The van der Waals surface area contributed by atoms with Crippen LogP contribution >= 0.6 is 0 Å². The van der Waals surface area contributed by atoms with Crippen molar-refractivity contribution in [1.29, 1.82) is 0 Å². The van der Waals surface area contributed by atoms with Gasteiger partial charge in [0.1, 0.15) is 0 Å². The molecule has 74 valence electrons. The van der Waals surface area contributed by atoms with Crippen LogP contribution in [0.1, 0.15) is 34.6 Å². The van der Waals surface area contributed by atoms with Gasteiger partial charge in [0.25, 0.3) is 0 Å². The zero-order chi connectivity index (χ0) is 10.5. The average molecular weight is 178 g/mol. The summed E-state index contributed by atoms with van der Waals surface area (Å²) in [5.41, 5.74) is 1.71. The Bertz CT molecular complexity index is 211. The van der Waals surface area contributed by atoms with Gasteiger partial charge in [0.2, 0.25) is 0 Å². The fraction of sp³-hybridized carbons (Fsp3) is 0.538. The molecular weight excluding hydrogens is 156 g/mol. The van der Waals surface area contributed by atoms with Crippen molar-refractivity contribution in [3.63, 3.8) is 0 Å². The van der Waals surface area contributed by atoms with Crippen LogP contribution in [0.3, 0.4) is 0 Å². The highest BCUT2D eigenvalue weighted by Gasteiger charge is 2.21. The van der Waals surface area contributed by atoms with E-state index in [1.54, 1.807) is 0 Å². The second kappa shape index (κ2) is 5.06. The van der Waals surface area contributed by atoms with Crippen LogP contribution in [-0.4, -0.2) is 0 Å². The highest BCUT2D eigenvalue weighted by Crippen LogP contribution is 2.31. The van der Waals surface area contributed by atoms with Crippen LogP contribution in [-0.2, 0) is 0 Å². The summed E-state index contributed by atoms with van der Waals surface area (Å²) in [4.78, 5) is 0. The maximum atomic E-state index is 3.67. The molecule has 0 N–H and O–H groups in total. The molecule has 0 saturated heterocycles. The largest absolute Gasteiger partial charge is 0.0991 e. The summed E-state index contributed by atoms with van der Waals surface area (Å²) in [5, 5.41) is 0. The van der Waals surface area contributed by atoms with Gasteiger partial charge in [0.05, 0.1) is 0 Å². The van der Waals surface area contributed by atoms with Gasteiger partial charge < -0.3 is 0 Å². The molecule has 0 aliphatic carbocycles. The summed E-state index contributed by atoms with van der Waals surface area (Å²) < 4.78 is 0. The summed E-state index contributed by atoms with van der Waals surface area (Å²) in [6, 6.07) is 0. The van der Waals surface area contributed by atoms with E-state index in [0.29, 0.717) is 11.3 Å². The minimum atomic E-state index is 0.327. The van der Waals surface area contributed by atoms with Crippen molar-refractivity contribution in [1.82, 2.24) is 0 Å². The number of hydrogen-bond donors (Lipinski definition) is 0. The van der Waals surface area contributed by atoms with E-state index < -0.39 is 0 Å². The maximum absolute atomic E-state index is 3.67. The van der Waals surface area contributed by atoms with Gasteiger partial charge in [0, 0.05) is 0 Å². The lowest BCUT2D eigenvalue weighted by Crippen LogP contribution is -2.18. The Morgan fingerprint density at radius 1 is 1.31 bits per heavy atom. The quantitative estimate of drug-likeness (QED) is 0.563. The van der Waals surface area contributed by atoms with Crippen molar-refractivity contribution in [2.75, 3.05) is 0 Å². The molecule has 0 heterocycles. The van der Waals surface area contributed by atoms with Gasteiger partial charge in [0.15, 0.2) is 0 Å². The first-order valence-electron chi connectivity index (χ1n) is 4.88. The summed E-state index contributed by atoms with van der Waals surface area (Å²) in [6.45, 7) is 14.8. The first kappa shape index (κ1) is 12.2. The molecule has 0 aromatic rings. The molecule has 0 bridgehead atoms. The fourth-order valence-electron chi connectivity index (χ4n) is 1.17. The lowest BCUT2D eigenvalue weighted by Gasteiger charge is -2.28. The van der Waals surface area contributed by atoms with E-state index in [0.717, 1.165) is 0 Å². The van der Waals surface area contributed by atoms with E-state index >= 15 is 0 Å². The monoisotopic (exact) mass is 178 g/mol. The Morgan fingerprint density at radius 2 is 1.85 bits per heavy atom. The Labute approximate surface area is 83.0 Å². The summed E-state index contributed by atoms with van der Waals surface area (Å²) in [6.07, 6.45) is 8.13. The second-order valence-corrected chi connectivity index (χ2v) is 4.47. The van der Waals surface area contributed by atoms with Crippen molar-refractivity contribution in [2.24, 2.45) is 11.3 Å². The third-order valence-corrected chi connectivity index (χ3v) is 2.56. The van der Waals surface area contributed by atoms with Gasteiger partial charge in [-0.3, -0.25) is 0 Å². The topological polar surface area (TPSA) is 0 Å². The maximum Gasteiger partial charge on any atom is -0.0145 e. The second-order valence-electron chi connectivity index (χ2n) is 4.47. The van der Waals surface area contributed by atoms with Crippen LogP contribution in [0.4, 0.5) is 0 Å².